The van der Waals surface area contributed by atoms with Crippen molar-refractivity contribution in [2.45, 2.75) is 5.92 Å². The summed E-state index contributed by atoms with van der Waals surface area (Å²) in [7, 11) is 0. The average molecular weight is 391 g/mol. The molecule has 0 aliphatic heterocycles. The van der Waals surface area contributed by atoms with E-state index in [1.807, 2.05) is 0 Å². The molecule has 26 heavy (non-hydrogen) atoms. The van der Waals surface area contributed by atoms with Crippen molar-refractivity contribution in [1.82, 2.24) is 14.8 Å². The molecular formula is C17H9Cl2FN4O2. The third kappa shape index (κ3) is 3.38. The Labute approximate surface area is 156 Å². The molecule has 0 bridgehead atoms. The van der Waals surface area contributed by atoms with Gasteiger partial charge in [0.2, 0.25) is 0 Å². The van der Waals surface area contributed by atoms with Gasteiger partial charge >= 0.3 is 5.69 Å². The Kier molecular flexibility index (Phi) is 4.89. The van der Waals surface area contributed by atoms with Crippen LogP contribution in [0.25, 0.3) is 5.69 Å². The number of aromatic nitrogens is 3. The van der Waals surface area contributed by atoms with Crippen molar-refractivity contribution in [3.8, 4) is 11.8 Å². The fraction of sp³-hybridized carbons (Fsp3) is 0.0588. The Morgan fingerprint density at radius 3 is 2.46 bits per heavy atom. The first-order valence-corrected chi connectivity index (χ1v) is 7.99. The highest BCUT2D eigenvalue weighted by Gasteiger charge is 2.22. The zero-order chi connectivity index (χ0) is 18.8. The van der Waals surface area contributed by atoms with Gasteiger partial charge in [-0.25, -0.2) is 9.18 Å². The molecule has 1 N–H and O–H groups in total. The van der Waals surface area contributed by atoms with Gasteiger partial charge in [0, 0.05) is 15.6 Å². The van der Waals surface area contributed by atoms with Crippen molar-refractivity contribution < 1.29 is 4.39 Å². The van der Waals surface area contributed by atoms with E-state index in [2.05, 4.69) is 16.2 Å². The molecule has 0 fully saturated rings. The van der Waals surface area contributed by atoms with Crippen LogP contribution >= 0.6 is 23.2 Å². The number of nitrogens with one attached hydrogen (secondary N) is 1. The fourth-order valence-electron chi connectivity index (χ4n) is 2.50. The molecule has 0 spiro atoms. The summed E-state index contributed by atoms with van der Waals surface area (Å²) in [5, 5.41) is 13.5. The fourth-order valence-corrected chi connectivity index (χ4v) is 3.19. The van der Waals surface area contributed by atoms with Crippen molar-refractivity contribution in [2.75, 3.05) is 0 Å². The van der Waals surface area contributed by atoms with E-state index in [0.29, 0.717) is 5.56 Å². The maximum atomic E-state index is 13.5. The number of halogens is 3. The molecule has 3 rings (SSSR count). The first-order valence-electron chi connectivity index (χ1n) is 7.23. The molecule has 1 aromatic heterocycles. The maximum absolute atomic E-state index is 13.5. The topological polar surface area (TPSA) is 91.5 Å². The predicted molar refractivity (Wildman–Crippen MR) is 94.3 cm³/mol. The number of benzene rings is 2. The van der Waals surface area contributed by atoms with Crippen LogP contribution in [0.5, 0.6) is 0 Å². The van der Waals surface area contributed by atoms with Gasteiger partial charge in [0.25, 0.3) is 5.56 Å². The van der Waals surface area contributed by atoms with Crippen molar-refractivity contribution in [3.63, 3.8) is 0 Å². The van der Waals surface area contributed by atoms with E-state index in [1.54, 1.807) is 6.07 Å². The molecule has 0 aliphatic rings. The second-order valence-electron chi connectivity index (χ2n) is 5.29. The van der Waals surface area contributed by atoms with Crippen LogP contribution in [0.1, 0.15) is 17.0 Å². The van der Waals surface area contributed by atoms with Gasteiger partial charge in [0.1, 0.15) is 12.0 Å². The third-order valence-electron chi connectivity index (χ3n) is 3.62. The molecule has 9 heteroatoms. The van der Waals surface area contributed by atoms with Crippen LogP contribution < -0.4 is 11.2 Å². The van der Waals surface area contributed by atoms with E-state index in [-0.39, 0.29) is 21.3 Å². The van der Waals surface area contributed by atoms with E-state index in [9.17, 15) is 19.2 Å². The second kappa shape index (κ2) is 7.12. The normalized spacial score (nSPS) is 11.8. The molecule has 0 radical (unpaired) electrons. The molecule has 2 aromatic carbocycles. The lowest BCUT2D eigenvalue weighted by atomic mass is 9.92. The minimum Gasteiger partial charge on any atom is -0.271 e. The Balaban J connectivity index is 2.14. The molecule has 1 unspecified atom stereocenters. The summed E-state index contributed by atoms with van der Waals surface area (Å²) in [5.74, 6) is -1.39. The maximum Gasteiger partial charge on any atom is 0.349 e. The number of H-pyrrole nitrogens is 1. The van der Waals surface area contributed by atoms with Gasteiger partial charge in [-0.1, -0.05) is 35.3 Å². The van der Waals surface area contributed by atoms with Crippen molar-refractivity contribution in [2.24, 2.45) is 0 Å². The molecular weight excluding hydrogens is 382 g/mol. The molecule has 6 nitrogen and oxygen atoms in total. The summed E-state index contributed by atoms with van der Waals surface area (Å²) in [6.45, 7) is 0. The van der Waals surface area contributed by atoms with Gasteiger partial charge in [-0.2, -0.15) is 15.0 Å². The Morgan fingerprint density at radius 2 is 1.88 bits per heavy atom. The lowest BCUT2D eigenvalue weighted by molar-refractivity contribution is 0.625. The van der Waals surface area contributed by atoms with Crippen LogP contribution in [0.4, 0.5) is 4.39 Å². The lowest BCUT2D eigenvalue weighted by Crippen LogP contribution is -2.30. The number of nitriles is 1. The summed E-state index contributed by atoms with van der Waals surface area (Å²) in [4.78, 5) is 25.1. The van der Waals surface area contributed by atoms with Gasteiger partial charge in [-0.3, -0.25) is 9.78 Å². The molecule has 1 atom stereocenters. The molecule has 3 aromatic rings. The standard InChI is InChI=1S/C17H9Cl2FN4O2/c18-13-5-11(24-17(26)23-15(25)8-22-24)6-14(19)16(13)12(7-21)9-2-1-3-10(20)4-9/h1-6,8,12H,(H,23,25,26). The van der Waals surface area contributed by atoms with E-state index in [1.165, 1.54) is 30.3 Å². The monoisotopic (exact) mass is 390 g/mol. The first-order chi connectivity index (χ1) is 12.4. The Hall–Kier alpha value is -2.95. The van der Waals surface area contributed by atoms with Gasteiger partial charge in [-0.05, 0) is 29.8 Å². The Morgan fingerprint density at radius 1 is 1.19 bits per heavy atom. The van der Waals surface area contributed by atoms with Crippen LogP contribution in [0, 0.1) is 17.1 Å². The van der Waals surface area contributed by atoms with Crippen molar-refractivity contribution in [3.05, 3.63) is 90.4 Å². The minimum absolute atomic E-state index is 0.100. The summed E-state index contributed by atoms with van der Waals surface area (Å²) < 4.78 is 14.4. The van der Waals surface area contributed by atoms with Crippen LogP contribution in [-0.2, 0) is 0 Å². The quantitative estimate of drug-likeness (QED) is 0.743. The molecule has 0 saturated heterocycles. The predicted octanol–water partition coefficient (Wildman–Crippen LogP) is 3.02. The van der Waals surface area contributed by atoms with Gasteiger partial charge < -0.3 is 0 Å². The highest BCUT2D eigenvalue weighted by molar-refractivity contribution is 6.36. The molecule has 0 aliphatic carbocycles. The highest BCUT2D eigenvalue weighted by Crippen LogP contribution is 2.37. The number of aromatic amines is 1. The highest BCUT2D eigenvalue weighted by atomic mass is 35.5. The summed E-state index contributed by atoms with van der Waals surface area (Å²) in [5.41, 5.74) is -0.526. The van der Waals surface area contributed by atoms with Crippen molar-refractivity contribution >= 4 is 23.2 Å². The number of rotatable bonds is 3. The molecule has 1 heterocycles. The SMILES string of the molecule is N#CC(c1cccc(F)c1)c1c(Cl)cc(-n2ncc(=O)[nH]c2=O)cc1Cl. The van der Waals surface area contributed by atoms with Gasteiger partial charge in [0.05, 0.1) is 17.7 Å². The van der Waals surface area contributed by atoms with Crippen molar-refractivity contribution in [1.29, 1.82) is 5.26 Å². The van der Waals surface area contributed by atoms with Gasteiger partial charge in [0.15, 0.2) is 0 Å². The smallest absolute Gasteiger partial charge is 0.271 e. The number of hydrogen-bond acceptors (Lipinski definition) is 4. The molecule has 0 saturated carbocycles. The van der Waals surface area contributed by atoms with Crippen LogP contribution in [0.3, 0.4) is 0 Å². The van der Waals surface area contributed by atoms with E-state index in [4.69, 9.17) is 23.2 Å². The van der Waals surface area contributed by atoms with Crippen LogP contribution in [0.15, 0.2) is 52.2 Å². The van der Waals surface area contributed by atoms with E-state index in [0.717, 1.165) is 10.9 Å². The summed E-state index contributed by atoms with van der Waals surface area (Å²) >= 11 is 12.6. The van der Waals surface area contributed by atoms with Gasteiger partial charge in [-0.15, -0.1) is 0 Å². The van der Waals surface area contributed by atoms with Crippen LogP contribution in [0.2, 0.25) is 10.0 Å². The zero-order valence-electron chi connectivity index (χ0n) is 12.9. The lowest BCUT2D eigenvalue weighted by Gasteiger charge is -2.15. The summed E-state index contributed by atoms with van der Waals surface area (Å²) in [6, 6.07) is 10.4. The first kappa shape index (κ1) is 17.9. The Bertz CT molecular complexity index is 1130. The largest absolute Gasteiger partial charge is 0.349 e. The molecule has 0 amide bonds. The third-order valence-corrected chi connectivity index (χ3v) is 4.25. The zero-order valence-corrected chi connectivity index (χ0v) is 14.4. The number of nitrogens with zero attached hydrogens (tertiary/aromatic N) is 3. The van der Waals surface area contributed by atoms with E-state index >= 15 is 0 Å². The van der Waals surface area contributed by atoms with Crippen LogP contribution in [-0.4, -0.2) is 14.8 Å². The van der Waals surface area contributed by atoms with E-state index < -0.39 is 23.0 Å². The molecule has 130 valence electrons. The summed E-state index contributed by atoms with van der Waals surface area (Å²) in [6.07, 6.45) is 0.932. The number of hydrogen-bond donors (Lipinski definition) is 1. The second-order valence-corrected chi connectivity index (χ2v) is 6.11. The minimum atomic E-state index is -0.903. The average Bonchev–Trinajstić information content (AvgIpc) is 2.58.